The highest BCUT2D eigenvalue weighted by Gasteiger charge is 2.08. The minimum absolute atomic E-state index is 0.0669. The molecule has 0 unspecified atom stereocenters. The number of aromatic nitrogens is 8. The van der Waals surface area contributed by atoms with Crippen LogP contribution < -0.4 is 11.1 Å². The first-order chi connectivity index (χ1) is 9.70. The van der Waals surface area contributed by atoms with E-state index in [0.717, 1.165) is 0 Å². The molecule has 0 bridgehead atoms. The molecule has 0 radical (unpaired) electrons. The van der Waals surface area contributed by atoms with Gasteiger partial charge in [0, 0.05) is 6.92 Å². The van der Waals surface area contributed by atoms with E-state index in [4.69, 9.17) is 10.3 Å². The number of nitrogens with one attached hydrogen (secondary N) is 1. The molecule has 11 heteroatoms. The third-order valence-corrected chi connectivity index (χ3v) is 2.24. The van der Waals surface area contributed by atoms with E-state index >= 15 is 0 Å². The fourth-order valence-electron chi connectivity index (χ4n) is 1.44. The van der Waals surface area contributed by atoms with Gasteiger partial charge < -0.3 is 15.6 Å². The maximum atomic E-state index is 5.63. The standard InChI is InChI=1S/C9H10N10O/c1-5-14-6(18-20-5)2-12-8-15-7(10)16-9(17-8)19-4-11-3-13-19/h3-4H,2H2,1H3,(H3,10,12,15,16,17). The van der Waals surface area contributed by atoms with Crippen molar-refractivity contribution >= 4 is 11.9 Å². The van der Waals surface area contributed by atoms with Crippen LogP contribution in [0, 0.1) is 6.92 Å². The van der Waals surface area contributed by atoms with Crippen molar-refractivity contribution in [3.05, 3.63) is 24.4 Å². The Kier molecular flexibility index (Phi) is 2.91. The molecule has 0 saturated heterocycles. The minimum Gasteiger partial charge on any atom is -0.368 e. The van der Waals surface area contributed by atoms with Crippen LogP contribution in [0.3, 0.4) is 0 Å². The van der Waals surface area contributed by atoms with E-state index in [1.807, 2.05) is 0 Å². The van der Waals surface area contributed by atoms with Crippen LogP contribution in [-0.2, 0) is 6.54 Å². The van der Waals surface area contributed by atoms with E-state index < -0.39 is 0 Å². The molecule has 11 nitrogen and oxygen atoms in total. The van der Waals surface area contributed by atoms with E-state index in [0.29, 0.717) is 18.3 Å². The first-order valence-electron chi connectivity index (χ1n) is 5.60. The minimum atomic E-state index is 0.0669. The smallest absolute Gasteiger partial charge is 0.258 e. The molecule has 0 aliphatic rings. The summed E-state index contributed by atoms with van der Waals surface area (Å²) in [6.07, 6.45) is 2.83. The molecule has 0 fully saturated rings. The number of aryl methyl sites for hydroxylation is 1. The van der Waals surface area contributed by atoms with E-state index in [1.165, 1.54) is 17.3 Å². The first kappa shape index (κ1) is 12.0. The molecule has 3 aromatic heterocycles. The van der Waals surface area contributed by atoms with Gasteiger partial charge in [0.25, 0.3) is 5.95 Å². The summed E-state index contributed by atoms with van der Waals surface area (Å²) in [4.78, 5) is 19.9. The van der Waals surface area contributed by atoms with Crippen molar-refractivity contribution in [1.82, 2.24) is 39.9 Å². The van der Waals surface area contributed by atoms with Gasteiger partial charge >= 0.3 is 0 Å². The number of nitrogens with zero attached hydrogens (tertiary/aromatic N) is 8. The molecule has 0 saturated carbocycles. The van der Waals surface area contributed by atoms with Crippen LogP contribution in [0.1, 0.15) is 11.7 Å². The lowest BCUT2D eigenvalue weighted by molar-refractivity contribution is 0.388. The molecule has 0 atom stereocenters. The Labute approximate surface area is 112 Å². The number of hydrogen-bond donors (Lipinski definition) is 2. The van der Waals surface area contributed by atoms with Crippen molar-refractivity contribution in [3.8, 4) is 5.95 Å². The number of nitrogens with two attached hydrogens (primary N) is 1. The highest BCUT2D eigenvalue weighted by molar-refractivity contribution is 5.34. The van der Waals surface area contributed by atoms with Crippen LogP contribution in [0.4, 0.5) is 11.9 Å². The summed E-state index contributed by atoms with van der Waals surface area (Å²) in [7, 11) is 0. The maximum absolute atomic E-state index is 5.63. The van der Waals surface area contributed by atoms with Crippen LogP contribution in [0.15, 0.2) is 17.2 Å². The van der Waals surface area contributed by atoms with Crippen molar-refractivity contribution in [2.24, 2.45) is 0 Å². The molecule has 3 heterocycles. The number of rotatable bonds is 4. The SMILES string of the molecule is Cc1nc(CNc2nc(N)nc(-n3cncn3)n2)no1. The average molecular weight is 274 g/mol. The molecule has 3 rings (SSSR count). The molecule has 0 aromatic carbocycles. The van der Waals surface area contributed by atoms with Gasteiger partial charge in [0.15, 0.2) is 5.82 Å². The second-order valence-electron chi connectivity index (χ2n) is 3.74. The Morgan fingerprint density at radius 1 is 1.30 bits per heavy atom. The summed E-state index contributed by atoms with van der Waals surface area (Å²) in [5, 5.41) is 10.6. The lowest BCUT2D eigenvalue weighted by atomic mass is 10.6. The van der Waals surface area contributed by atoms with E-state index in [9.17, 15) is 0 Å². The summed E-state index contributed by atoms with van der Waals surface area (Å²) in [6.45, 7) is 2.01. The highest BCUT2D eigenvalue weighted by atomic mass is 16.5. The van der Waals surface area contributed by atoms with E-state index in [2.05, 4.69) is 40.5 Å². The molecule has 0 spiro atoms. The molecular weight excluding hydrogens is 264 g/mol. The Balaban J connectivity index is 1.79. The van der Waals surface area contributed by atoms with Crippen LogP contribution in [0.25, 0.3) is 5.95 Å². The van der Waals surface area contributed by atoms with Crippen molar-refractivity contribution in [2.75, 3.05) is 11.1 Å². The normalized spacial score (nSPS) is 10.7. The zero-order valence-electron chi connectivity index (χ0n) is 10.4. The fourth-order valence-corrected chi connectivity index (χ4v) is 1.44. The zero-order valence-corrected chi connectivity index (χ0v) is 10.4. The summed E-state index contributed by atoms with van der Waals surface area (Å²) >= 11 is 0. The lowest BCUT2D eigenvalue weighted by Gasteiger charge is -2.04. The Hall–Kier alpha value is -3.11. The van der Waals surface area contributed by atoms with Gasteiger partial charge in [-0.1, -0.05) is 5.16 Å². The molecule has 0 amide bonds. The van der Waals surface area contributed by atoms with Gasteiger partial charge in [0.1, 0.15) is 12.7 Å². The van der Waals surface area contributed by atoms with Crippen molar-refractivity contribution in [2.45, 2.75) is 13.5 Å². The van der Waals surface area contributed by atoms with Crippen LogP contribution in [0.5, 0.6) is 0 Å². The van der Waals surface area contributed by atoms with E-state index in [1.54, 1.807) is 6.92 Å². The fraction of sp³-hybridized carbons (Fsp3) is 0.222. The molecule has 20 heavy (non-hydrogen) atoms. The zero-order chi connectivity index (χ0) is 13.9. The first-order valence-corrected chi connectivity index (χ1v) is 5.60. The molecular formula is C9H10N10O. The predicted molar refractivity (Wildman–Crippen MR) is 65.5 cm³/mol. The molecule has 3 aromatic rings. The van der Waals surface area contributed by atoms with Crippen LogP contribution >= 0.6 is 0 Å². The Bertz CT molecular complexity index is 705. The monoisotopic (exact) mass is 274 g/mol. The van der Waals surface area contributed by atoms with Gasteiger partial charge in [-0.3, -0.25) is 0 Å². The highest BCUT2D eigenvalue weighted by Crippen LogP contribution is 2.07. The molecule has 3 N–H and O–H groups in total. The number of nitrogen functional groups attached to an aromatic ring is 1. The van der Waals surface area contributed by atoms with Gasteiger partial charge in [-0.2, -0.15) is 29.7 Å². The predicted octanol–water partition coefficient (Wildman–Crippen LogP) is -0.662. The van der Waals surface area contributed by atoms with Gasteiger partial charge in [-0.25, -0.2) is 4.98 Å². The number of anilines is 2. The summed E-state index contributed by atoms with van der Waals surface area (Å²) < 4.78 is 6.23. The van der Waals surface area contributed by atoms with Gasteiger partial charge in [0.05, 0.1) is 6.54 Å². The number of hydrogen-bond acceptors (Lipinski definition) is 10. The topological polar surface area (TPSA) is 146 Å². The quantitative estimate of drug-likeness (QED) is 0.628. The van der Waals surface area contributed by atoms with Gasteiger partial charge in [0.2, 0.25) is 17.8 Å². The van der Waals surface area contributed by atoms with Gasteiger partial charge in [-0.05, 0) is 0 Å². The van der Waals surface area contributed by atoms with Crippen molar-refractivity contribution in [3.63, 3.8) is 0 Å². The summed E-state index contributed by atoms with van der Waals surface area (Å²) in [6, 6.07) is 0. The third kappa shape index (κ3) is 2.50. The Morgan fingerprint density at radius 2 is 2.20 bits per heavy atom. The Morgan fingerprint density at radius 3 is 2.90 bits per heavy atom. The van der Waals surface area contributed by atoms with Crippen LogP contribution in [0.2, 0.25) is 0 Å². The molecule has 102 valence electrons. The van der Waals surface area contributed by atoms with E-state index in [-0.39, 0.29) is 17.8 Å². The third-order valence-electron chi connectivity index (χ3n) is 2.24. The summed E-state index contributed by atoms with van der Waals surface area (Å²) in [5.41, 5.74) is 5.63. The summed E-state index contributed by atoms with van der Waals surface area (Å²) in [5.74, 6) is 1.59. The second kappa shape index (κ2) is 4.87. The second-order valence-corrected chi connectivity index (χ2v) is 3.74. The molecule has 0 aliphatic carbocycles. The van der Waals surface area contributed by atoms with Crippen molar-refractivity contribution in [1.29, 1.82) is 0 Å². The van der Waals surface area contributed by atoms with Crippen LogP contribution in [-0.4, -0.2) is 39.9 Å². The lowest BCUT2D eigenvalue weighted by Crippen LogP contribution is -2.12. The average Bonchev–Trinajstić information content (AvgIpc) is 3.07. The van der Waals surface area contributed by atoms with Crippen molar-refractivity contribution < 1.29 is 4.52 Å². The van der Waals surface area contributed by atoms with Gasteiger partial charge in [-0.15, -0.1) is 0 Å². The maximum Gasteiger partial charge on any atom is 0.258 e. The largest absolute Gasteiger partial charge is 0.368 e. The molecule has 0 aliphatic heterocycles.